The van der Waals surface area contributed by atoms with Crippen LogP contribution in [0.15, 0.2) is 0 Å². The van der Waals surface area contributed by atoms with Gasteiger partial charge in [-0.15, -0.1) is 0 Å². The number of esters is 1. The minimum atomic E-state index is -0.844. The molecule has 2 aliphatic rings. The van der Waals surface area contributed by atoms with E-state index in [9.17, 15) is 24.0 Å². The number of carbonyl (C=O) groups is 5. The highest BCUT2D eigenvalue weighted by Gasteiger charge is 2.48. The van der Waals surface area contributed by atoms with Crippen molar-refractivity contribution in [1.82, 2.24) is 15.8 Å². The van der Waals surface area contributed by atoms with Crippen LogP contribution in [0.3, 0.4) is 0 Å². The van der Waals surface area contributed by atoms with E-state index in [1.807, 2.05) is 10.9 Å². The third-order valence-electron chi connectivity index (χ3n) is 3.96. The molecule has 1 saturated heterocycles. The second-order valence-electron chi connectivity index (χ2n) is 5.65. The lowest BCUT2D eigenvalue weighted by Crippen LogP contribution is -2.43. The molecule has 9 nitrogen and oxygen atoms in total. The summed E-state index contributed by atoms with van der Waals surface area (Å²) >= 11 is 0. The van der Waals surface area contributed by atoms with E-state index in [1.165, 1.54) is 6.92 Å². The standard InChI is InChI=1S/C14H19N3O6/c1-8(18)15-16-11(19)7-23-12(20)6-17-13(21)9-4-2-3-5-10(9)14(17)22/h9-10H,2-7H2,1H3,(H,15,18)(H,16,19)/t9-,10-/m1/s1. The lowest BCUT2D eigenvalue weighted by molar-refractivity contribution is -0.155. The van der Waals surface area contributed by atoms with Crippen molar-refractivity contribution in [3.8, 4) is 0 Å². The topological polar surface area (TPSA) is 122 Å². The Balaban J connectivity index is 1.81. The summed E-state index contributed by atoms with van der Waals surface area (Å²) in [6, 6.07) is 0. The van der Waals surface area contributed by atoms with Gasteiger partial charge in [-0.3, -0.25) is 39.7 Å². The molecule has 2 N–H and O–H groups in total. The van der Waals surface area contributed by atoms with Crippen molar-refractivity contribution in [2.75, 3.05) is 13.2 Å². The van der Waals surface area contributed by atoms with Gasteiger partial charge in [-0.25, -0.2) is 0 Å². The van der Waals surface area contributed by atoms with E-state index in [-0.39, 0.29) is 23.7 Å². The first-order chi connectivity index (χ1) is 10.9. The number of ether oxygens (including phenoxy) is 1. The van der Waals surface area contributed by atoms with Gasteiger partial charge in [0.1, 0.15) is 6.54 Å². The third kappa shape index (κ3) is 4.05. The van der Waals surface area contributed by atoms with E-state index < -0.39 is 30.9 Å². The minimum absolute atomic E-state index is 0.327. The zero-order chi connectivity index (χ0) is 17.0. The molecule has 4 amide bonds. The van der Waals surface area contributed by atoms with Gasteiger partial charge < -0.3 is 4.74 Å². The maximum absolute atomic E-state index is 12.2. The fourth-order valence-electron chi connectivity index (χ4n) is 2.90. The van der Waals surface area contributed by atoms with Crippen molar-refractivity contribution in [3.05, 3.63) is 0 Å². The van der Waals surface area contributed by atoms with Crippen LogP contribution in [0, 0.1) is 11.8 Å². The fourth-order valence-corrected chi connectivity index (χ4v) is 2.90. The van der Waals surface area contributed by atoms with Gasteiger partial charge in [0.25, 0.3) is 5.91 Å². The van der Waals surface area contributed by atoms with Crippen LogP contribution >= 0.6 is 0 Å². The predicted molar refractivity (Wildman–Crippen MR) is 75.1 cm³/mol. The molecule has 0 aromatic heterocycles. The van der Waals surface area contributed by atoms with Crippen LogP contribution in [-0.4, -0.2) is 47.6 Å². The maximum atomic E-state index is 12.2. The van der Waals surface area contributed by atoms with Gasteiger partial charge in [0.05, 0.1) is 11.8 Å². The van der Waals surface area contributed by atoms with Crippen LogP contribution in [0.5, 0.6) is 0 Å². The molecule has 1 aliphatic carbocycles. The smallest absolute Gasteiger partial charge is 0.326 e. The second-order valence-corrected chi connectivity index (χ2v) is 5.65. The van der Waals surface area contributed by atoms with Gasteiger partial charge >= 0.3 is 5.97 Å². The summed E-state index contributed by atoms with van der Waals surface area (Å²) in [5.41, 5.74) is 4.07. The van der Waals surface area contributed by atoms with E-state index >= 15 is 0 Å². The Bertz CT molecular complexity index is 523. The molecule has 0 bridgehead atoms. The number of hydrogen-bond acceptors (Lipinski definition) is 6. The molecule has 2 atom stereocenters. The van der Waals surface area contributed by atoms with Gasteiger partial charge in [0.2, 0.25) is 17.7 Å². The van der Waals surface area contributed by atoms with Crippen molar-refractivity contribution >= 4 is 29.6 Å². The quantitative estimate of drug-likeness (QED) is 0.383. The number of nitrogens with zero attached hydrogens (tertiary/aromatic N) is 1. The molecule has 1 heterocycles. The highest BCUT2D eigenvalue weighted by molar-refractivity contribution is 6.07. The number of carbonyl (C=O) groups excluding carboxylic acids is 5. The van der Waals surface area contributed by atoms with Gasteiger partial charge in [0.15, 0.2) is 6.61 Å². The van der Waals surface area contributed by atoms with E-state index in [0.717, 1.165) is 17.7 Å². The number of nitrogens with one attached hydrogen (secondary N) is 2. The van der Waals surface area contributed by atoms with E-state index in [1.54, 1.807) is 0 Å². The van der Waals surface area contributed by atoms with Crippen molar-refractivity contribution in [2.24, 2.45) is 11.8 Å². The maximum Gasteiger partial charge on any atom is 0.326 e. The molecule has 0 unspecified atom stereocenters. The Labute approximate surface area is 132 Å². The molecule has 126 valence electrons. The average molecular weight is 325 g/mol. The number of hydrazine groups is 1. The zero-order valence-electron chi connectivity index (χ0n) is 12.8. The van der Waals surface area contributed by atoms with Crippen molar-refractivity contribution in [3.63, 3.8) is 0 Å². The van der Waals surface area contributed by atoms with E-state index in [4.69, 9.17) is 4.74 Å². The normalized spacial score (nSPS) is 23.3. The van der Waals surface area contributed by atoms with Gasteiger partial charge in [-0.2, -0.15) is 0 Å². The van der Waals surface area contributed by atoms with E-state index in [0.29, 0.717) is 12.8 Å². The summed E-state index contributed by atoms with van der Waals surface area (Å²) < 4.78 is 4.70. The Morgan fingerprint density at radius 2 is 1.65 bits per heavy atom. The lowest BCUT2D eigenvalue weighted by Gasteiger charge is -2.19. The molecule has 0 aromatic rings. The number of likely N-dealkylation sites (tertiary alicyclic amines) is 1. The first-order valence-corrected chi connectivity index (χ1v) is 7.46. The molecule has 2 fully saturated rings. The molecule has 1 aliphatic heterocycles. The van der Waals surface area contributed by atoms with E-state index in [2.05, 4.69) is 0 Å². The van der Waals surface area contributed by atoms with Crippen LogP contribution in [-0.2, 0) is 28.7 Å². The molecule has 0 radical (unpaired) electrons. The highest BCUT2D eigenvalue weighted by atomic mass is 16.5. The van der Waals surface area contributed by atoms with Crippen LogP contribution in [0.25, 0.3) is 0 Å². The molecule has 23 heavy (non-hydrogen) atoms. The highest BCUT2D eigenvalue weighted by Crippen LogP contribution is 2.37. The Morgan fingerprint density at radius 1 is 1.09 bits per heavy atom. The van der Waals surface area contributed by atoms with Gasteiger partial charge in [-0.1, -0.05) is 12.8 Å². The summed E-state index contributed by atoms with van der Waals surface area (Å²) in [5.74, 6) is -3.36. The SMILES string of the molecule is CC(=O)NNC(=O)COC(=O)CN1C(=O)[C@@H]2CCCC[C@H]2C1=O. The molecule has 1 saturated carbocycles. The van der Waals surface area contributed by atoms with Gasteiger partial charge in [-0.05, 0) is 12.8 Å². The molecule has 0 aromatic carbocycles. The average Bonchev–Trinajstić information content (AvgIpc) is 2.76. The molecular formula is C14H19N3O6. The molecular weight excluding hydrogens is 306 g/mol. The molecule has 2 rings (SSSR count). The fraction of sp³-hybridized carbons (Fsp3) is 0.643. The zero-order valence-corrected chi connectivity index (χ0v) is 12.8. The monoisotopic (exact) mass is 325 g/mol. The summed E-state index contributed by atoms with van der Waals surface area (Å²) in [5, 5.41) is 0. The van der Waals surface area contributed by atoms with Crippen LogP contribution in [0.1, 0.15) is 32.6 Å². The van der Waals surface area contributed by atoms with Crippen LogP contribution in [0.4, 0.5) is 0 Å². The Morgan fingerprint density at radius 3 is 2.17 bits per heavy atom. The summed E-state index contributed by atoms with van der Waals surface area (Å²) in [6.45, 7) is 0.108. The van der Waals surface area contributed by atoms with Gasteiger partial charge in [0, 0.05) is 6.92 Å². The molecule has 9 heteroatoms. The third-order valence-corrected chi connectivity index (χ3v) is 3.96. The number of fused-ring (bicyclic) bond motifs is 1. The van der Waals surface area contributed by atoms with Crippen LogP contribution in [0.2, 0.25) is 0 Å². The predicted octanol–water partition coefficient (Wildman–Crippen LogP) is -1.13. The Kier molecular flexibility index (Phi) is 5.30. The Hall–Kier alpha value is -2.45. The first-order valence-electron chi connectivity index (χ1n) is 7.46. The number of hydrogen-bond donors (Lipinski definition) is 2. The molecule has 0 spiro atoms. The summed E-state index contributed by atoms with van der Waals surface area (Å²) in [4.78, 5) is 58.8. The number of amides is 4. The van der Waals surface area contributed by atoms with Crippen molar-refractivity contribution < 1.29 is 28.7 Å². The second kappa shape index (κ2) is 7.21. The summed E-state index contributed by atoms with van der Waals surface area (Å²) in [6.07, 6.45) is 3.14. The lowest BCUT2D eigenvalue weighted by atomic mass is 9.81. The summed E-state index contributed by atoms with van der Waals surface area (Å²) in [7, 11) is 0. The first kappa shape index (κ1) is 16.9. The largest absolute Gasteiger partial charge is 0.454 e. The van der Waals surface area contributed by atoms with Crippen molar-refractivity contribution in [1.29, 1.82) is 0 Å². The number of rotatable bonds is 4. The minimum Gasteiger partial charge on any atom is -0.454 e. The number of imide groups is 1. The van der Waals surface area contributed by atoms with Crippen molar-refractivity contribution in [2.45, 2.75) is 32.6 Å². The van der Waals surface area contributed by atoms with Crippen LogP contribution < -0.4 is 10.9 Å².